The number of hydrogen-bond acceptors (Lipinski definition) is 1. The molecule has 9 rings (SSSR count). The van der Waals surface area contributed by atoms with Crippen molar-refractivity contribution in [2.45, 2.75) is 31.7 Å². The van der Waals surface area contributed by atoms with E-state index in [2.05, 4.69) is 177 Å². The van der Waals surface area contributed by atoms with Crippen LogP contribution >= 0.6 is 0 Å². The largest absolute Gasteiger partial charge is 0.383 e. The lowest BCUT2D eigenvalue weighted by molar-refractivity contribution is 0.662. The maximum atomic E-state index is 6.73. The van der Waals surface area contributed by atoms with Gasteiger partial charge >= 0.3 is 0 Å². The minimum Gasteiger partial charge on any atom is -0.383 e. The number of rotatable bonds is 9. The van der Waals surface area contributed by atoms with E-state index in [-0.39, 0.29) is 5.41 Å². The van der Waals surface area contributed by atoms with Crippen molar-refractivity contribution in [2.75, 3.05) is 0 Å². The summed E-state index contributed by atoms with van der Waals surface area (Å²) in [4.78, 5) is 10.2. The summed E-state index contributed by atoms with van der Waals surface area (Å²) in [5.41, 5.74) is 18.6. The Labute approximate surface area is 341 Å². The van der Waals surface area contributed by atoms with E-state index in [1.807, 2.05) is 36.4 Å². The molecule has 0 aliphatic heterocycles. The van der Waals surface area contributed by atoms with Gasteiger partial charge in [0.05, 0.1) is 6.54 Å². The molecule has 0 radical (unpaired) electrons. The van der Waals surface area contributed by atoms with Crippen LogP contribution < -0.4 is 5.73 Å². The average Bonchev–Trinajstić information content (AvgIpc) is 3.64. The first-order chi connectivity index (χ1) is 28.6. The molecule has 1 aliphatic carbocycles. The van der Waals surface area contributed by atoms with E-state index in [0.717, 1.165) is 17.5 Å². The van der Waals surface area contributed by atoms with Crippen LogP contribution in [0.3, 0.4) is 0 Å². The van der Waals surface area contributed by atoms with Crippen LogP contribution in [0.1, 0.15) is 57.9 Å². The van der Waals surface area contributed by atoms with Gasteiger partial charge in [-0.1, -0.05) is 206 Å². The van der Waals surface area contributed by atoms with Gasteiger partial charge in [-0.25, -0.2) is 4.99 Å². The number of aliphatic imine (C=N–C) groups is 2. The van der Waals surface area contributed by atoms with Gasteiger partial charge in [0.25, 0.3) is 0 Å². The molecule has 2 N–H and O–H groups in total. The molecule has 0 aromatic heterocycles. The third-order valence-electron chi connectivity index (χ3n) is 11.6. The van der Waals surface area contributed by atoms with Gasteiger partial charge in [0, 0.05) is 17.4 Å². The van der Waals surface area contributed by atoms with Crippen molar-refractivity contribution in [3.05, 3.63) is 251 Å². The summed E-state index contributed by atoms with van der Waals surface area (Å²) < 4.78 is 0. The molecular weight excluding hydrogens is 703 g/mol. The monoisotopic (exact) mass is 747 g/mol. The fourth-order valence-electron chi connectivity index (χ4n) is 8.91. The molecule has 0 amide bonds. The maximum absolute atomic E-state index is 6.73. The number of hydrogen-bond donors (Lipinski definition) is 1. The molecule has 280 valence electrons. The lowest BCUT2D eigenvalue weighted by atomic mass is 9.70. The smallest absolute Gasteiger partial charge is 0.132 e. The van der Waals surface area contributed by atoms with Crippen LogP contribution in [0.5, 0.6) is 0 Å². The van der Waals surface area contributed by atoms with Gasteiger partial charge in [0.1, 0.15) is 11.7 Å². The normalized spacial score (nSPS) is 14.9. The number of allylic oxidation sites excluding steroid dienone is 4. The highest BCUT2D eigenvalue weighted by atomic mass is 15.0. The van der Waals surface area contributed by atoms with Gasteiger partial charge in [-0.05, 0) is 85.0 Å². The van der Waals surface area contributed by atoms with Crippen LogP contribution in [-0.2, 0) is 18.4 Å². The molecular formula is C55H45N3. The van der Waals surface area contributed by atoms with Crippen molar-refractivity contribution < 1.29 is 0 Å². The van der Waals surface area contributed by atoms with E-state index in [1.165, 1.54) is 66.1 Å². The van der Waals surface area contributed by atoms with E-state index >= 15 is 0 Å². The SMILES string of the molecule is C/C(=C\C=C1/CC(c2ccccc2)(c2ccccc2)c2ccccc21)c1c(CC(=N/Cc2ccccc2)/N=C(\N)c2ccccc2)c2ccccc2c2ccccc12. The summed E-state index contributed by atoms with van der Waals surface area (Å²) in [6.07, 6.45) is 6.07. The van der Waals surface area contributed by atoms with Crippen molar-refractivity contribution in [2.24, 2.45) is 15.7 Å². The maximum Gasteiger partial charge on any atom is 0.132 e. The Hall–Kier alpha value is -7.10. The molecule has 3 heteroatoms. The lowest BCUT2D eigenvalue weighted by Crippen LogP contribution is -2.26. The second kappa shape index (κ2) is 16.2. The van der Waals surface area contributed by atoms with Crippen LogP contribution in [0.4, 0.5) is 0 Å². The second-order valence-electron chi connectivity index (χ2n) is 15.1. The molecule has 0 fully saturated rings. The molecule has 0 heterocycles. The first kappa shape index (κ1) is 36.5. The van der Waals surface area contributed by atoms with Crippen LogP contribution in [0, 0.1) is 0 Å². The molecule has 0 atom stereocenters. The standard InChI is InChI=1S/C55H45N3/c1-39(34-35-42-37-55(43-24-10-4-11-25-43,44-26-12-5-13-27-44)51-33-19-18-28-45(42)51)53-49-32-17-16-30-47(49)46-29-14-15-31-48(46)50(53)36-52(57-38-40-20-6-2-7-21-40)58-54(56)41-22-8-3-9-23-41/h2-35H,36-38H2,1H3,(H2,56,57,58)/b39-34+,42-35+. The Kier molecular flexibility index (Phi) is 10.2. The average molecular weight is 748 g/mol. The fourth-order valence-corrected chi connectivity index (χ4v) is 8.91. The Morgan fingerprint density at radius 1 is 0.586 bits per heavy atom. The number of nitrogens with two attached hydrogens (primary N) is 1. The van der Waals surface area contributed by atoms with Gasteiger partial charge in [0.2, 0.25) is 0 Å². The number of fused-ring (bicyclic) bond motifs is 4. The lowest BCUT2D eigenvalue weighted by Gasteiger charge is -2.32. The van der Waals surface area contributed by atoms with Crippen LogP contribution in [0.25, 0.3) is 32.7 Å². The first-order valence-corrected chi connectivity index (χ1v) is 20.1. The van der Waals surface area contributed by atoms with E-state index in [4.69, 9.17) is 15.7 Å². The molecule has 0 bridgehead atoms. The fraction of sp³-hybridized carbons (Fsp3) is 0.0909. The van der Waals surface area contributed by atoms with Crippen molar-refractivity contribution in [3.63, 3.8) is 0 Å². The molecule has 0 spiro atoms. The third kappa shape index (κ3) is 6.97. The van der Waals surface area contributed by atoms with Crippen LogP contribution in [-0.4, -0.2) is 11.7 Å². The molecule has 8 aromatic carbocycles. The number of nitrogens with zero attached hydrogens (tertiary/aromatic N) is 2. The molecule has 58 heavy (non-hydrogen) atoms. The van der Waals surface area contributed by atoms with Gasteiger partial charge in [-0.15, -0.1) is 0 Å². The van der Waals surface area contributed by atoms with Crippen molar-refractivity contribution in [1.29, 1.82) is 0 Å². The summed E-state index contributed by atoms with van der Waals surface area (Å²) in [5, 5.41) is 4.84. The predicted octanol–water partition coefficient (Wildman–Crippen LogP) is 12.8. The molecule has 8 aromatic rings. The summed E-state index contributed by atoms with van der Waals surface area (Å²) in [6.45, 7) is 2.76. The van der Waals surface area contributed by atoms with Gasteiger partial charge < -0.3 is 5.73 Å². The quantitative estimate of drug-likeness (QED) is 0.0892. The van der Waals surface area contributed by atoms with Crippen LogP contribution in [0.2, 0.25) is 0 Å². The zero-order chi connectivity index (χ0) is 39.3. The predicted molar refractivity (Wildman–Crippen MR) is 245 cm³/mol. The summed E-state index contributed by atoms with van der Waals surface area (Å²) >= 11 is 0. The molecule has 0 saturated heterocycles. The van der Waals surface area contributed by atoms with Crippen molar-refractivity contribution in [1.82, 2.24) is 0 Å². The Morgan fingerprint density at radius 3 is 1.76 bits per heavy atom. The highest BCUT2D eigenvalue weighted by molar-refractivity contribution is 6.15. The Bertz CT molecular complexity index is 2810. The highest BCUT2D eigenvalue weighted by Crippen LogP contribution is 2.53. The third-order valence-corrected chi connectivity index (χ3v) is 11.6. The molecule has 0 saturated carbocycles. The number of benzene rings is 8. The van der Waals surface area contributed by atoms with Gasteiger partial charge in [0.15, 0.2) is 0 Å². The zero-order valence-electron chi connectivity index (χ0n) is 32.7. The highest BCUT2D eigenvalue weighted by Gasteiger charge is 2.43. The van der Waals surface area contributed by atoms with E-state index < -0.39 is 0 Å². The second-order valence-corrected chi connectivity index (χ2v) is 15.1. The van der Waals surface area contributed by atoms with Gasteiger partial charge in [-0.2, -0.15) is 0 Å². The summed E-state index contributed by atoms with van der Waals surface area (Å²) in [7, 11) is 0. The van der Waals surface area contributed by atoms with Crippen molar-refractivity contribution >= 4 is 44.4 Å². The van der Waals surface area contributed by atoms with Crippen molar-refractivity contribution in [3.8, 4) is 0 Å². The van der Waals surface area contributed by atoms with E-state index in [9.17, 15) is 0 Å². The minimum absolute atomic E-state index is 0.297. The first-order valence-electron chi connectivity index (χ1n) is 20.1. The molecule has 3 nitrogen and oxygen atoms in total. The Morgan fingerprint density at radius 2 is 1.10 bits per heavy atom. The summed E-state index contributed by atoms with van der Waals surface area (Å²) in [5.74, 6) is 1.15. The minimum atomic E-state index is -0.297. The summed E-state index contributed by atoms with van der Waals surface area (Å²) in [6, 6.07) is 68.8. The molecule has 1 aliphatic rings. The zero-order valence-corrected chi connectivity index (χ0v) is 32.7. The van der Waals surface area contributed by atoms with E-state index in [0.29, 0.717) is 24.6 Å². The topological polar surface area (TPSA) is 50.7 Å². The van der Waals surface area contributed by atoms with Gasteiger partial charge in [-0.3, -0.25) is 4.99 Å². The molecule has 0 unspecified atom stereocenters. The Balaban J connectivity index is 1.21. The van der Waals surface area contributed by atoms with E-state index in [1.54, 1.807) is 0 Å². The number of amidine groups is 2. The van der Waals surface area contributed by atoms with Crippen LogP contribution in [0.15, 0.2) is 216 Å².